The van der Waals surface area contributed by atoms with E-state index in [0.717, 1.165) is 73.8 Å². The van der Waals surface area contributed by atoms with Crippen molar-refractivity contribution < 1.29 is 41.7 Å². The number of carboxylic acids is 1. The van der Waals surface area contributed by atoms with Crippen LogP contribution in [-0.4, -0.2) is 83.4 Å². The van der Waals surface area contributed by atoms with Gasteiger partial charge in [-0.25, -0.2) is 14.2 Å². The minimum atomic E-state index is -4.74. The van der Waals surface area contributed by atoms with E-state index in [1.54, 1.807) is 0 Å². The Kier molecular flexibility index (Phi) is 8.11. The van der Waals surface area contributed by atoms with Crippen LogP contribution in [0.4, 0.5) is 29.3 Å². The summed E-state index contributed by atoms with van der Waals surface area (Å²) in [6.45, 7) is 4.63. The molecule has 2 heterocycles. The van der Waals surface area contributed by atoms with Gasteiger partial charge in [-0.1, -0.05) is 12.1 Å². The highest BCUT2D eigenvalue weighted by Crippen LogP contribution is 2.63. The number of aromatic nitrogens is 2. The van der Waals surface area contributed by atoms with Crippen LogP contribution in [0.1, 0.15) is 29.5 Å². The van der Waals surface area contributed by atoms with Crippen molar-refractivity contribution in [1.29, 1.82) is 0 Å². The van der Waals surface area contributed by atoms with Crippen LogP contribution in [0.25, 0.3) is 11.3 Å². The molecule has 250 valence electrons. The maximum Gasteiger partial charge on any atom is 0.573 e. The lowest BCUT2D eigenvalue weighted by atomic mass is 9.88. The number of aryl methyl sites for hydroxylation is 1. The normalized spacial score (nSPS) is 25.1. The molecule has 14 heteroatoms. The van der Waals surface area contributed by atoms with Gasteiger partial charge in [0.2, 0.25) is 11.6 Å². The number of hydrogen-bond acceptors (Lipinski definition) is 9. The molecule has 4 aliphatic rings. The van der Waals surface area contributed by atoms with Gasteiger partial charge in [0.25, 0.3) is 0 Å². The molecule has 0 amide bonds. The fraction of sp³-hybridized carbons (Fsp3) is 0.485. The summed E-state index contributed by atoms with van der Waals surface area (Å²) >= 11 is 0. The quantitative estimate of drug-likeness (QED) is 0.298. The van der Waals surface area contributed by atoms with Gasteiger partial charge >= 0.3 is 12.3 Å². The number of ether oxygens (including phenoxy) is 3. The van der Waals surface area contributed by atoms with Gasteiger partial charge in [-0.05, 0) is 67.1 Å². The number of nitrogens with zero attached hydrogens (tertiary/aromatic N) is 4. The van der Waals surface area contributed by atoms with Gasteiger partial charge < -0.3 is 30.0 Å². The Balaban J connectivity index is 0.927. The number of carboxylic acid groups (broad SMARTS) is 1. The molecule has 1 aliphatic heterocycles. The van der Waals surface area contributed by atoms with E-state index in [2.05, 4.69) is 24.5 Å². The van der Waals surface area contributed by atoms with E-state index in [4.69, 9.17) is 20.3 Å². The number of hydrogen-bond donors (Lipinski definition) is 2. The summed E-state index contributed by atoms with van der Waals surface area (Å²) in [6.07, 6.45) is -2.36. The Hall–Kier alpha value is -4.17. The number of benzene rings is 2. The molecule has 3 aliphatic carbocycles. The van der Waals surface area contributed by atoms with Crippen LogP contribution >= 0.6 is 0 Å². The third kappa shape index (κ3) is 6.40. The summed E-state index contributed by atoms with van der Waals surface area (Å²) in [5.41, 5.74) is 8.77. The zero-order chi connectivity index (χ0) is 32.9. The molecule has 0 spiro atoms. The molecule has 2 saturated carbocycles. The topological polar surface area (TPSA) is 123 Å². The van der Waals surface area contributed by atoms with Gasteiger partial charge in [-0.2, -0.15) is 4.98 Å². The molecule has 0 bridgehead atoms. The van der Waals surface area contributed by atoms with E-state index in [-0.39, 0.29) is 24.4 Å². The predicted octanol–water partition coefficient (Wildman–Crippen LogP) is 4.64. The third-order valence-electron chi connectivity index (χ3n) is 9.79. The van der Waals surface area contributed by atoms with Crippen molar-refractivity contribution >= 4 is 17.7 Å². The zero-order valence-corrected chi connectivity index (χ0v) is 25.5. The van der Waals surface area contributed by atoms with Crippen molar-refractivity contribution in [3.05, 3.63) is 59.2 Å². The second-order valence-corrected chi connectivity index (χ2v) is 12.6. The van der Waals surface area contributed by atoms with Crippen molar-refractivity contribution in [3.63, 3.8) is 0 Å². The van der Waals surface area contributed by atoms with E-state index < -0.39 is 29.8 Å². The second kappa shape index (κ2) is 12.1. The average molecular weight is 658 g/mol. The molecular formula is C33H35F4N5O5. The number of anilines is 2. The van der Waals surface area contributed by atoms with Crippen LogP contribution in [0.2, 0.25) is 0 Å². The van der Waals surface area contributed by atoms with Crippen LogP contribution < -0.4 is 20.1 Å². The van der Waals surface area contributed by atoms with Gasteiger partial charge in [0.15, 0.2) is 0 Å². The Morgan fingerprint density at radius 1 is 1.00 bits per heavy atom. The van der Waals surface area contributed by atoms with Crippen LogP contribution in [0, 0.1) is 11.8 Å². The smallest absolute Gasteiger partial charge is 0.489 e. The first kappa shape index (κ1) is 31.4. The Labute approximate surface area is 268 Å². The van der Waals surface area contributed by atoms with Crippen molar-refractivity contribution in [1.82, 2.24) is 14.9 Å². The zero-order valence-electron chi connectivity index (χ0n) is 25.5. The van der Waals surface area contributed by atoms with Gasteiger partial charge in [-0.3, -0.25) is 4.90 Å². The van der Waals surface area contributed by atoms with Gasteiger partial charge in [0.1, 0.15) is 23.9 Å². The first-order valence-corrected chi connectivity index (χ1v) is 15.8. The van der Waals surface area contributed by atoms with Gasteiger partial charge in [0.05, 0.1) is 18.4 Å². The number of alkyl halides is 4. The summed E-state index contributed by atoms with van der Waals surface area (Å²) in [7, 11) is 0. The van der Waals surface area contributed by atoms with Gasteiger partial charge in [-0.15, -0.1) is 13.2 Å². The highest BCUT2D eigenvalue weighted by Gasteiger charge is 2.75. The van der Waals surface area contributed by atoms with E-state index in [1.807, 2.05) is 18.2 Å². The summed E-state index contributed by atoms with van der Waals surface area (Å²) in [4.78, 5) is 25.0. The molecule has 10 nitrogen and oxygen atoms in total. The Bertz CT molecular complexity index is 1640. The van der Waals surface area contributed by atoms with Crippen molar-refractivity contribution in [2.45, 2.75) is 50.4 Å². The molecule has 0 unspecified atom stereocenters. The maximum absolute atomic E-state index is 14.3. The number of rotatable bonds is 10. The summed E-state index contributed by atoms with van der Waals surface area (Å²) < 4.78 is 67.4. The Morgan fingerprint density at radius 3 is 2.38 bits per heavy atom. The lowest BCUT2D eigenvalue weighted by Crippen LogP contribution is -2.48. The fourth-order valence-electron chi connectivity index (χ4n) is 7.33. The molecule has 1 aromatic heterocycles. The summed E-state index contributed by atoms with van der Waals surface area (Å²) in [5.74, 6) is -0.745. The van der Waals surface area contributed by atoms with Gasteiger partial charge in [0, 0.05) is 55.7 Å². The molecule has 0 radical (unpaired) electrons. The SMILES string of the molecule is Nc1nc2c(c(N3CCN(CCO[C@H]4C[C@@H]5[C@H](C4)[C@]5(F)C(=O)O)CC3)n1)CCc1cc(OCc3ccc(OC(F)(F)F)cc3)ccc1-2. The molecule has 47 heavy (non-hydrogen) atoms. The number of fused-ring (bicyclic) bond motifs is 4. The fourth-order valence-corrected chi connectivity index (χ4v) is 7.33. The summed E-state index contributed by atoms with van der Waals surface area (Å²) in [5, 5.41) is 9.10. The van der Waals surface area contributed by atoms with Crippen molar-refractivity contribution in [2.24, 2.45) is 11.8 Å². The lowest BCUT2D eigenvalue weighted by molar-refractivity contribution is -0.274. The molecule has 2 aromatic carbocycles. The first-order chi connectivity index (χ1) is 22.5. The minimum Gasteiger partial charge on any atom is -0.489 e. The second-order valence-electron chi connectivity index (χ2n) is 12.6. The number of aliphatic carboxylic acids is 1. The maximum atomic E-state index is 14.3. The summed E-state index contributed by atoms with van der Waals surface area (Å²) in [6, 6.07) is 11.4. The number of piperazine rings is 1. The average Bonchev–Trinajstić information content (AvgIpc) is 3.35. The minimum absolute atomic E-state index is 0.0712. The number of nitrogens with two attached hydrogens (primary N) is 1. The number of halogens is 4. The van der Waals surface area contributed by atoms with Crippen LogP contribution in [0.3, 0.4) is 0 Å². The molecule has 3 fully saturated rings. The molecule has 1 saturated heterocycles. The van der Waals surface area contributed by atoms with Crippen molar-refractivity contribution in [3.8, 4) is 22.8 Å². The molecular weight excluding hydrogens is 622 g/mol. The molecule has 4 atom stereocenters. The van der Waals surface area contributed by atoms with Crippen LogP contribution in [0.5, 0.6) is 11.5 Å². The van der Waals surface area contributed by atoms with E-state index in [1.165, 1.54) is 24.3 Å². The standard InChI is InChI=1S/C33H35F4N5O5/c34-32(30(43)44)26-16-23(17-27(26)32)45-14-13-41-9-11-42(12-10-41)29-25-7-3-20-15-22(6-8-24(20)28(25)39-31(38)40-29)46-18-19-1-4-21(5-2-19)47-33(35,36)37/h1-2,4-6,8,15,23,26-27H,3,7,9-14,16-18H2,(H,43,44)(H2,38,39,40)/t23-,26+,27-,32-. The number of nitrogen functional groups attached to an aromatic ring is 1. The van der Waals surface area contributed by atoms with E-state index in [9.17, 15) is 22.4 Å². The lowest BCUT2D eigenvalue weighted by Gasteiger charge is -2.37. The highest BCUT2D eigenvalue weighted by atomic mass is 19.4. The highest BCUT2D eigenvalue weighted by molar-refractivity contribution is 5.83. The Morgan fingerprint density at radius 2 is 1.70 bits per heavy atom. The molecule has 3 N–H and O–H groups in total. The third-order valence-corrected chi connectivity index (χ3v) is 9.79. The van der Waals surface area contributed by atoms with Crippen molar-refractivity contribution in [2.75, 3.05) is 50.0 Å². The van der Waals surface area contributed by atoms with Crippen LogP contribution in [-0.2, 0) is 29.0 Å². The number of carbonyl (C=O) groups is 1. The monoisotopic (exact) mass is 657 g/mol. The largest absolute Gasteiger partial charge is 0.573 e. The molecule has 3 aromatic rings. The van der Waals surface area contributed by atoms with E-state index in [0.29, 0.717) is 30.8 Å². The van der Waals surface area contributed by atoms with E-state index >= 15 is 0 Å². The van der Waals surface area contributed by atoms with Crippen LogP contribution in [0.15, 0.2) is 42.5 Å². The molecule has 7 rings (SSSR count). The predicted molar refractivity (Wildman–Crippen MR) is 163 cm³/mol. The first-order valence-electron chi connectivity index (χ1n) is 15.8.